The summed E-state index contributed by atoms with van der Waals surface area (Å²) in [4.78, 5) is 16.0. The van der Waals surface area contributed by atoms with Crippen molar-refractivity contribution < 1.29 is 9.53 Å². The molecular formula is C20H18N4O2. The number of methoxy groups -OCH3 is 1. The van der Waals surface area contributed by atoms with Crippen molar-refractivity contribution in [2.24, 2.45) is 0 Å². The first kappa shape index (κ1) is 16.0. The topological polar surface area (TPSA) is 82.8 Å². The van der Waals surface area contributed by atoms with Gasteiger partial charge in [0.1, 0.15) is 11.4 Å². The maximum absolute atomic E-state index is 12.7. The second kappa shape index (κ2) is 6.40. The van der Waals surface area contributed by atoms with E-state index in [1.165, 1.54) is 0 Å². The van der Waals surface area contributed by atoms with Crippen LogP contribution in [-0.2, 0) is 0 Å². The molecule has 0 radical (unpaired) electrons. The van der Waals surface area contributed by atoms with Crippen LogP contribution in [0.1, 0.15) is 15.9 Å². The number of hydrogen-bond acceptors (Lipinski definition) is 3. The molecule has 2 aromatic heterocycles. The second-order valence-electron chi connectivity index (χ2n) is 6.09. The van der Waals surface area contributed by atoms with E-state index in [1.54, 1.807) is 19.4 Å². The van der Waals surface area contributed by atoms with Gasteiger partial charge >= 0.3 is 0 Å². The molecule has 130 valence electrons. The van der Waals surface area contributed by atoms with Gasteiger partial charge in [-0.3, -0.25) is 9.89 Å². The van der Waals surface area contributed by atoms with Crippen molar-refractivity contribution in [2.75, 3.05) is 12.4 Å². The zero-order chi connectivity index (χ0) is 18.1. The second-order valence-corrected chi connectivity index (χ2v) is 6.09. The summed E-state index contributed by atoms with van der Waals surface area (Å²) in [6.07, 6.45) is 1.60. The van der Waals surface area contributed by atoms with E-state index in [2.05, 4.69) is 20.5 Å². The van der Waals surface area contributed by atoms with Gasteiger partial charge in [-0.05, 0) is 36.8 Å². The van der Waals surface area contributed by atoms with Crippen LogP contribution in [0.15, 0.2) is 54.7 Å². The zero-order valence-corrected chi connectivity index (χ0v) is 14.5. The van der Waals surface area contributed by atoms with Crippen LogP contribution in [0, 0.1) is 6.92 Å². The number of rotatable bonds is 4. The number of nitrogens with one attached hydrogen (secondary N) is 3. The van der Waals surface area contributed by atoms with E-state index in [1.807, 2.05) is 49.4 Å². The lowest BCUT2D eigenvalue weighted by molar-refractivity contribution is 0.102. The first-order valence-corrected chi connectivity index (χ1v) is 8.23. The smallest absolute Gasteiger partial charge is 0.259 e. The molecule has 0 aliphatic carbocycles. The van der Waals surface area contributed by atoms with Gasteiger partial charge in [0.2, 0.25) is 0 Å². The monoisotopic (exact) mass is 346 g/mol. The predicted molar refractivity (Wildman–Crippen MR) is 102 cm³/mol. The molecule has 1 amide bonds. The molecule has 6 heteroatoms. The number of para-hydroxylation sites is 1. The van der Waals surface area contributed by atoms with Crippen LogP contribution in [0.3, 0.4) is 0 Å². The summed E-state index contributed by atoms with van der Waals surface area (Å²) in [5.41, 5.74) is 4.71. The maximum Gasteiger partial charge on any atom is 0.259 e. The highest BCUT2D eigenvalue weighted by Gasteiger charge is 2.17. The molecule has 3 N–H and O–H groups in total. The summed E-state index contributed by atoms with van der Waals surface area (Å²) in [6, 6.07) is 15.5. The summed E-state index contributed by atoms with van der Waals surface area (Å²) in [5.74, 6) is 0.291. The van der Waals surface area contributed by atoms with Crippen molar-refractivity contribution in [3.8, 4) is 17.1 Å². The van der Waals surface area contributed by atoms with E-state index >= 15 is 0 Å². The molecule has 0 spiro atoms. The first-order chi connectivity index (χ1) is 12.7. The average molecular weight is 346 g/mol. The molecule has 2 heterocycles. The number of amides is 1. The molecule has 6 nitrogen and oxygen atoms in total. The molecule has 26 heavy (non-hydrogen) atoms. The van der Waals surface area contributed by atoms with Gasteiger partial charge in [-0.15, -0.1) is 0 Å². The minimum Gasteiger partial charge on any atom is -0.496 e. The molecule has 0 aliphatic heterocycles. The standard InChI is InChI=1S/C20H18N4O2/c1-12-7-8-14(18(9-12)26-2)20(25)23-17-11-21-24-19(17)16-10-13-5-3-4-6-15(13)22-16/h3-11,22H,1-2H3,(H,21,24)(H,23,25). The molecule has 0 unspecified atom stereocenters. The number of fused-ring (bicyclic) bond motifs is 1. The van der Waals surface area contributed by atoms with Crippen molar-refractivity contribution in [3.63, 3.8) is 0 Å². The molecule has 4 rings (SSSR count). The summed E-state index contributed by atoms with van der Waals surface area (Å²) in [5, 5.41) is 11.0. The van der Waals surface area contributed by atoms with Gasteiger partial charge in [0.15, 0.2) is 0 Å². The number of nitrogens with zero attached hydrogens (tertiary/aromatic N) is 1. The lowest BCUT2D eigenvalue weighted by Gasteiger charge is -2.10. The van der Waals surface area contributed by atoms with Gasteiger partial charge in [-0.25, -0.2) is 0 Å². The Morgan fingerprint density at radius 2 is 2.00 bits per heavy atom. The van der Waals surface area contributed by atoms with Gasteiger partial charge < -0.3 is 15.0 Å². The van der Waals surface area contributed by atoms with Gasteiger partial charge in [-0.2, -0.15) is 5.10 Å². The van der Waals surface area contributed by atoms with Crippen LogP contribution in [0.5, 0.6) is 5.75 Å². The van der Waals surface area contributed by atoms with E-state index in [0.29, 0.717) is 17.0 Å². The highest BCUT2D eigenvalue weighted by atomic mass is 16.5. The van der Waals surface area contributed by atoms with Crippen LogP contribution in [-0.4, -0.2) is 28.2 Å². The summed E-state index contributed by atoms with van der Waals surface area (Å²) >= 11 is 0. The summed E-state index contributed by atoms with van der Waals surface area (Å²) in [7, 11) is 1.55. The molecule has 0 saturated heterocycles. The quantitative estimate of drug-likeness (QED) is 0.520. The Bertz CT molecular complexity index is 1060. The molecular weight excluding hydrogens is 328 g/mol. The predicted octanol–water partition coefficient (Wildman–Crippen LogP) is 4.13. The lowest BCUT2D eigenvalue weighted by Crippen LogP contribution is -2.13. The van der Waals surface area contributed by atoms with Gasteiger partial charge in [0.05, 0.1) is 30.3 Å². The normalized spacial score (nSPS) is 10.8. The molecule has 2 aromatic carbocycles. The summed E-state index contributed by atoms with van der Waals surface area (Å²) in [6.45, 7) is 1.95. The number of H-pyrrole nitrogens is 2. The van der Waals surface area contributed by atoms with Gasteiger partial charge in [0, 0.05) is 10.9 Å². The number of carbonyl (C=O) groups excluding carboxylic acids is 1. The minimum atomic E-state index is -0.249. The molecule has 0 aliphatic rings. The SMILES string of the molecule is COc1cc(C)ccc1C(=O)Nc1cn[nH]c1-c1cc2ccccc2[nH]1. The first-order valence-electron chi connectivity index (χ1n) is 8.23. The number of aryl methyl sites for hydroxylation is 1. The highest BCUT2D eigenvalue weighted by molar-refractivity contribution is 6.07. The zero-order valence-electron chi connectivity index (χ0n) is 14.5. The van der Waals surface area contributed by atoms with Crippen LogP contribution >= 0.6 is 0 Å². The van der Waals surface area contributed by atoms with Crippen LogP contribution in [0.4, 0.5) is 5.69 Å². The molecule has 0 atom stereocenters. The van der Waals surface area contributed by atoms with E-state index in [-0.39, 0.29) is 5.91 Å². The third-order valence-corrected chi connectivity index (χ3v) is 4.29. The van der Waals surface area contributed by atoms with Crippen molar-refractivity contribution in [1.29, 1.82) is 0 Å². The van der Waals surface area contributed by atoms with Crippen molar-refractivity contribution in [2.45, 2.75) is 6.92 Å². The Kier molecular flexibility index (Phi) is 3.93. The number of carbonyl (C=O) groups is 1. The fraction of sp³-hybridized carbons (Fsp3) is 0.100. The largest absolute Gasteiger partial charge is 0.496 e. The average Bonchev–Trinajstić information content (AvgIpc) is 3.27. The highest BCUT2D eigenvalue weighted by Crippen LogP contribution is 2.29. The number of anilines is 1. The van der Waals surface area contributed by atoms with Crippen LogP contribution in [0.25, 0.3) is 22.3 Å². The Balaban J connectivity index is 1.66. The van der Waals surface area contributed by atoms with E-state index in [4.69, 9.17) is 4.74 Å². The van der Waals surface area contributed by atoms with Gasteiger partial charge in [0.25, 0.3) is 5.91 Å². The lowest BCUT2D eigenvalue weighted by atomic mass is 10.1. The number of aromatic nitrogens is 3. The molecule has 4 aromatic rings. The van der Waals surface area contributed by atoms with Crippen LogP contribution < -0.4 is 10.1 Å². The fourth-order valence-electron chi connectivity index (χ4n) is 2.97. The molecule has 0 bridgehead atoms. The Hall–Kier alpha value is -3.54. The van der Waals surface area contributed by atoms with Crippen molar-refractivity contribution >= 4 is 22.5 Å². The molecule has 0 saturated carbocycles. The van der Waals surface area contributed by atoms with E-state index in [0.717, 1.165) is 27.9 Å². The Labute approximate surface area is 150 Å². The van der Waals surface area contributed by atoms with Crippen molar-refractivity contribution in [3.05, 3.63) is 65.9 Å². The Morgan fingerprint density at radius 1 is 1.15 bits per heavy atom. The number of ether oxygens (including phenoxy) is 1. The summed E-state index contributed by atoms with van der Waals surface area (Å²) < 4.78 is 5.33. The maximum atomic E-state index is 12.7. The van der Waals surface area contributed by atoms with E-state index < -0.39 is 0 Å². The van der Waals surface area contributed by atoms with E-state index in [9.17, 15) is 4.79 Å². The van der Waals surface area contributed by atoms with Crippen molar-refractivity contribution in [1.82, 2.24) is 15.2 Å². The third kappa shape index (κ3) is 2.82. The Morgan fingerprint density at radius 3 is 2.81 bits per heavy atom. The fourth-order valence-corrected chi connectivity index (χ4v) is 2.97. The van der Waals surface area contributed by atoms with Gasteiger partial charge in [-0.1, -0.05) is 24.3 Å². The number of hydrogen-bond donors (Lipinski definition) is 3. The molecule has 0 fully saturated rings. The number of benzene rings is 2. The van der Waals surface area contributed by atoms with Crippen LogP contribution in [0.2, 0.25) is 0 Å². The number of aromatic amines is 2. The minimum absolute atomic E-state index is 0.249. The third-order valence-electron chi connectivity index (χ3n) is 4.29.